The molecule has 30 heavy (non-hydrogen) atoms. The molecule has 2 aliphatic rings. The van der Waals surface area contributed by atoms with E-state index in [-0.39, 0.29) is 17.9 Å². The average Bonchev–Trinajstić information content (AvgIpc) is 2.68. The zero-order chi connectivity index (χ0) is 21.9. The van der Waals surface area contributed by atoms with Gasteiger partial charge in [0.15, 0.2) is 0 Å². The second kappa shape index (κ2) is 9.20. The third kappa shape index (κ3) is 5.62. The summed E-state index contributed by atoms with van der Waals surface area (Å²) in [6.07, 6.45) is 5.34. The summed E-state index contributed by atoms with van der Waals surface area (Å²) in [6.45, 7) is 7.14. The summed E-state index contributed by atoms with van der Waals surface area (Å²) >= 11 is 0. The van der Waals surface area contributed by atoms with E-state index >= 15 is 0 Å². The number of esters is 1. The third-order valence-corrected chi connectivity index (χ3v) is 5.77. The van der Waals surface area contributed by atoms with Crippen LogP contribution in [0.3, 0.4) is 0 Å². The zero-order valence-electron chi connectivity index (χ0n) is 18.6. The summed E-state index contributed by atoms with van der Waals surface area (Å²) < 4.78 is 16.1. The molecule has 2 heterocycles. The molecule has 0 atom stereocenters. The fraction of sp³-hybridized carbons (Fsp3) is 0.682. The first kappa shape index (κ1) is 22.3. The Balaban J connectivity index is 1.40. The van der Waals surface area contributed by atoms with E-state index in [0.717, 1.165) is 38.8 Å². The van der Waals surface area contributed by atoms with Crippen molar-refractivity contribution in [2.75, 3.05) is 27.2 Å². The molecule has 1 aromatic rings. The summed E-state index contributed by atoms with van der Waals surface area (Å²) in [7, 11) is 3.50. The molecule has 2 fully saturated rings. The fourth-order valence-electron chi connectivity index (χ4n) is 3.91. The molecule has 1 saturated heterocycles. The van der Waals surface area contributed by atoms with Crippen molar-refractivity contribution in [3.8, 4) is 5.75 Å². The second-order valence-electron chi connectivity index (χ2n) is 9.10. The van der Waals surface area contributed by atoms with Crippen molar-refractivity contribution in [3.63, 3.8) is 0 Å². The second-order valence-corrected chi connectivity index (χ2v) is 9.10. The molecule has 1 saturated carbocycles. The summed E-state index contributed by atoms with van der Waals surface area (Å²) in [5.74, 6) is 0.212. The van der Waals surface area contributed by atoms with Crippen LogP contribution in [0.5, 0.6) is 5.75 Å². The Kier molecular flexibility index (Phi) is 6.85. The van der Waals surface area contributed by atoms with Crippen LogP contribution in [0, 0.1) is 0 Å². The van der Waals surface area contributed by atoms with Gasteiger partial charge in [0, 0.05) is 38.0 Å². The number of pyridine rings is 1. The van der Waals surface area contributed by atoms with Crippen molar-refractivity contribution in [2.45, 2.75) is 70.2 Å². The van der Waals surface area contributed by atoms with Gasteiger partial charge in [0.2, 0.25) is 0 Å². The van der Waals surface area contributed by atoms with Gasteiger partial charge in [-0.25, -0.2) is 14.6 Å². The molecule has 0 bridgehead atoms. The summed E-state index contributed by atoms with van der Waals surface area (Å²) in [4.78, 5) is 32.0. The number of methoxy groups -OCH3 is 1. The number of hydrogen-bond acceptors (Lipinski definition) is 7. The predicted molar refractivity (Wildman–Crippen MR) is 112 cm³/mol. The van der Waals surface area contributed by atoms with E-state index in [9.17, 15) is 9.59 Å². The van der Waals surface area contributed by atoms with E-state index in [4.69, 9.17) is 9.47 Å². The maximum absolute atomic E-state index is 12.2. The van der Waals surface area contributed by atoms with E-state index in [1.807, 2.05) is 25.7 Å². The van der Waals surface area contributed by atoms with Crippen LogP contribution in [-0.2, 0) is 9.47 Å². The van der Waals surface area contributed by atoms with Crippen molar-refractivity contribution in [3.05, 3.63) is 24.0 Å². The molecule has 1 aromatic heterocycles. The number of likely N-dealkylation sites (tertiary alicyclic amines) is 1. The Morgan fingerprint density at radius 2 is 1.80 bits per heavy atom. The monoisotopic (exact) mass is 419 g/mol. The number of aromatic nitrogens is 1. The van der Waals surface area contributed by atoms with Crippen LogP contribution in [0.15, 0.2) is 18.3 Å². The van der Waals surface area contributed by atoms with Crippen LogP contribution >= 0.6 is 0 Å². The molecule has 8 heteroatoms. The van der Waals surface area contributed by atoms with Crippen LogP contribution in [0.1, 0.15) is 56.9 Å². The molecule has 8 nitrogen and oxygen atoms in total. The van der Waals surface area contributed by atoms with Crippen LogP contribution in [-0.4, -0.2) is 77.9 Å². The number of nitrogens with zero attached hydrogens (tertiary/aromatic N) is 3. The van der Waals surface area contributed by atoms with E-state index in [2.05, 4.69) is 21.7 Å². The molecule has 0 aromatic carbocycles. The van der Waals surface area contributed by atoms with Crippen LogP contribution in [0.4, 0.5) is 4.79 Å². The van der Waals surface area contributed by atoms with Gasteiger partial charge in [0.1, 0.15) is 23.1 Å². The number of rotatable bonds is 5. The van der Waals surface area contributed by atoms with Crippen LogP contribution in [0.25, 0.3) is 0 Å². The lowest BCUT2D eigenvalue weighted by Crippen LogP contribution is -2.54. The van der Waals surface area contributed by atoms with Gasteiger partial charge in [-0.2, -0.15) is 0 Å². The van der Waals surface area contributed by atoms with Gasteiger partial charge in [0.05, 0.1) is 13.3 Å². The lowest BCUT2D eigenvalue weighted by Gasteiger charge is -2.46. The van der Waals surface area contributed by atoms with E-state index in [1.165, 1.54) is 7.11 Å². The normalized spacial score (nSPS) is 22.4. The number of piperidine rings is 1. The molecule has 1 aliphatic carbocycles. The highest BCUT2D eigenvalue weighted by Crippen LogP contribution is 2.32. The van der Waals surface area contributed by atoms with E-state index in [1.54, 1.807) is 18.3 Å². The lowest BCUT2D eigenvalue weighted by molar-refractivity contribution is -0.0118. The Morgan fingerprint density at radius 3 is 2.33 bits per heavy atom. The fourth-order valence-corrected chi connectivity index (χ4v) is 3.91. The van der Waals surface area contributed by atoms with Crippen LogP contribution < -0.4 is 4.74 Å². The number of carbonyl (C=O) groups excluding carboxylic acids is 2. The minimum Gasteiger partial charge on any atom is -0.489 e. The standard InChI is InChI=1S/C22H33N3O5/c1-22(2,3)30-21(27)25-10-8-15(9-11-25)24(4)16-12-18(13-16)29-17-6-7-19(23-14-17)20(26)28-5/h6-7,14-16,18H,8-13H2,1-5H3. The maximum atomic E-state index is 12.2. The van der Waals surface area contributed by atoms with Gasteiger partial charge >= 0.3 is 12.1 Å². The van der Waals surface area contributed by atoms with Gasteiger partial charge in [-0.05, 0) is 52.8 Å². The summed E-state index contributed by atoms with van der Waals surface area (Å²) in [5, 5.41) is 0. The average molecular weight is 420 g/mol. The maximum Gasteiger partial charge on any atom is 0.410 e. The van der Waals surface area contributed by atoms with Gasteiger partial charge in [-0.15, -0.1) is 0 Å². The minimum absolute atomic E-state index is 0.157. The molecular weight excluding hydrogens is 386 g/mol. The first-order chi connectivity index (χ1) is 14.2. The summed E-state index contributed by atoms with van der Waals surface area (Å²) in [5.41, 5.74) is -0.185. The molecule has 1 amide bonds. The molecule has 0 unspecified atom stereocenters. The van der Waals surface area contributed by atoms with Gasteiger partial charge in [-0.1, -0.05) is 0 Å². The highest BCUT2D eigenvalue weighted by atomic mass is 16.6. The third-order valence-electron chi connectivity index (χ3n) is 5.77. The van der Waals surface area contributed by atoms with Crippen molar-refractivity contribution < 1.29 is 23.8 Å². The largest absolute Gasteiger partial charge is 0.489 e. The molecule has 166 valence electrons. The van der Waals surface area contributed by atoms with Crippen molar-refractivity contribution in [1.29, 1.82) is 0 Å². The Bertz CT molecular complexity index is 732. The number of ether oxygens (including phenoxy) is 3. The SMILES string of the molecule is COC(=O)c1ccc(OC2CC(N(C)C3CCN(C(=O)OC(C)(C)C)CC3)C2)cn1. The molecule has 0 N–H and O–H groups in total. The molecule has 3 rings (SSSR count). The number of hydrogen-bond donors (Lipinski definition) is 0. The molecule has 1 aliphatic heterocycles. The van der Waals surface area contributed by atoms with Gasteiger partial charge in [-0.3, -0.25) is 0 Å². The number of amides is 1. The topological polar surface area (TPSA) is 81.2 Å². The number of carbonyl (C=O) groups is 2. The van der Waals surface area contributed by atoms with Gasteiger partial charge in [0.25, 0.3) is 0 Å². The molecule has 0 radical (unpaired) electrons. The Morgan fingerprint density at radius 1 is 1.13 bits per heavy atom. The van der Waals surface area contributed by atoms with E-state index in [0.29, 0.717) is 17.8 Å². The quantitative estimate of drug-likeness (QED) is 0.678. The Hall–Kier alpha value is -2.35. The van der Waals surface area contributed by atoms with Gasteiger partial charge < -0.3 is 24.0 Å². The predicted octanol–water partition coefficient (Wildman–Crippen LogP) is 3.11. The van der Waals surface area contributed by atoms with Crippen molar-refractivity contribution in [1.82, 2.24) is 14.8 Å². The van der Waals surface area contributed by atoms with E-state index < -0.39 is 11.6 Å². The molecule has 0 spiro atoms. The van der Waals surface area contributed by atoms with Crippen molar-refractivity contribution in [2.24, 2.45) is 0 Å². The Labute approximate surface area is 178 Å². The highest BCUT2D eigenvalue weighted by molar-refractivity contribution is 5.87. The summed E-state index contributed by atoms with van der Waals surface area (Å²) in [6, 6.07) is 4.32. The first-order valence-electron chi connectivity index (χ1n) is 10.6. The lowest BCUT2D eigenvalue weighted by atomic mass is 9.86. The van der Waals surface area contributed by atoms with Crippen molar-refractivity contribution >= 4 is 12.1 Å². The minimum atomic E-state index is -0.458. The smallest absolute Gasteiger partial charge is 0.410 e. The molecular formula is C22H33N3O5. The van der Waals surface area contributed by atoms with Crippen LogP contribution in [0.2, 0.25) is 0 Å². The highest BCUT2D eigenvalue weighted by Gasteiger charge is 2.38. The first-order valence-corrected chi connectivity index (χ1v) is 10.6. The zero-order valence-corrected chi connectivity index (χ0v) is 18.6.